The third-order valence-electron chi connectivity index (χ3n) is 4.08. The fraction of sp³-hybridized carbons (Fsp3) is 0. The highest BCUT2D eigenvalue weighted by molar-refractivity contribution is 7.80. The summed E-state index contributed by atoms with van der Waals surface area (Å²) in [5.41, 5.74) is 3.15. The molecule has 0 saturated heterocycles. The highest BCUT2D eigenvalue weighted by atomic mass is 35.5. The van der Waals surface area contributed by atoms with Crippen LogP contribution in [0.2, 0.25) is 10.0 Å². The molecule has 0 spiro atoms. The molecule has 0 bridgehead atoms. The van der Waals surface area contributed by atoms with Gasteiger partial charge in [0.25, 0.3) is 5.91 Å². The number of nitrogens with one attached hydrogen (secondary N) is 2. The molecule has 0 saturated carbocycles. The van der Waals surface area contributed by atoms with E-state index in [1.54, 1.807) is 60.7 Å². The fourth-order valence-electron chi connectivity index (χ4n) is 2.68. The van der Waals surface area contributed by atoms with Gasteiger partial charge >= 0.3 is 0 Å². The second-order valence-corrected chi connectivity index (χ2v) is 7.33. The lowest BCUT2D eigenvalue weighted by atomic mass is 10.2. The van der Waals surface area contributed by atoms with Gasteiger partial charge < -0.3 is 9.73 Å². The molecule has 2 N–H and O–H groups in total. The summed E-state index contributed by atoms with van der Waals surface area (Å²) in [7, 11) is 0. The monoisotopic (exact) mass is 441 g/mol. The topological polar surface area (TPSA) is 67.2 Å². The average molecular weight is 442 g/mol. The number of halogens is 2. The third kappa shape index (κ3) is 4.40. The lowest BCUT2D eigenvalue weighted by molar-refractivity contribution is 0.0977. The first-order valence-corrected chi connectivity index (χ1v) is 9.69. The summed E-state index contributed by atoms with van der Waals surface area (Å²) >= 11 is 17.3. The number of fused-ring (bicyclic) bond motifs is 1. The maximum absolute atomic E-state index is 12.2. The fourth-order valence-corrected chi connectivity index (χ4v) is 3.19. The molecule has 0 unspecified atom stereocenters. The number of amides is 1. The molecule has 5 nitrogen and oxygen atoms in total. The van der Waals surface area contributed by atoms with Crippen LogP contribution in [0.3, 0.4) is 0 Å². The van der Waals surface area contributed by atoms with E-state index in [0.29, 0.717) is 38.3 Å². The number of oxazole rings is 1. The highest BCUT2D eigenvalue weighted by Gasteiger charge is 2.12. The molecule has 29 heavy (non-hydrogen) atoms. The van der Waals surface area contributed by atoms with Crippen LogP contribution in [0.25, 0.3) is 22.6 Å². The zero-order valence-corrected chi connectivity index (χ0v) is 17.1. The van der Waals surface area contributed by atoms with Crippen LogP contribution >= 0.6 is 35.4 Å². The molecule has 8 heteroatoms. The summed E-state index contributed by atoms with van der Waals surface area (Å²) in [5.74, 6) is 0.142. The lowest BCUT2D eigenvalue weighted by Gasteiger charge is -2.09. The molecule has 0 aliphatic heterocycles. The van der Waals surface area contributed by atoms with Crippen LogP contribution in [0.4, 0.5) is 5.69 Å². The molecule has 0 radical (unpaired) electrons. The van der Waals surface area contributed by atoms with Gasteiger partial charge in [-0.3, -0.25) is 10.1 Å². The summed E-state index contributed by atoms with van der Waals surface area (Å²) in [6.07, 6.45) is 0. The first kappa shape index (κ1) is 19.4. The van der Waals surface area contributed by atoms with Crippen LogP contribution in [0.15, 0.2) is 71.1 Å². The molecule has 0 aliphatic rings. The van der Waals surface area contributed by atoms with Crippen molar-refractivity contribution in [1.29, 1.82) is 0 Å². The van der Waals surface area contributed by atoms with E-state index in [4.69, 9.17) is 39.8 Å². The Morgan fingerprint density at radius 2 is 1.76 bits per heavy atom. The highest BCUT2D eigenvalue weighted by Crippen LogP contribution is 2.30. The van der Waals surface area contributed by atoms with Gasteiger partial charge in [-0.2, -0.15) is 0 Å². The first-order chi connectivity index (χ1) is 14.0. The molecule has 3 aromatic carbocycles. The van der Waals surface area contributed by atoms with Gasteiger partial charge in [-0.1, -0.05) is 41.4 Å². The Labute approximate surface area is 181 Å². The molecule has 1 aromatic heterocycles. The summed E-state index contributed by atoms with van der Waals surface area (Å²) in [6, 6.07) is 19.3. The summed E-state index contributed by atoms with van der Waals surface area (Å²) in [6.45, 7) is 0. The minimum Gasteiger partial charge on any atom is -0.436 e. The zero-order valence-electron chi connectivity index (χ0n) is 14.8. The van der Waals surface area contributed by atoms with E-state index in [-0.39, 0.29) is 11.0 Å². The van der Waals surface area contributed by atoms with Gasteiger partial charge in [-0.15, -0.1) is 0 Å². The van der Waals surface area contributed by atoms with E-state index in [1.165, 1.54) is 0 Å². The van der Waals surface area contributed by atoms with Crippen molar-refractivity contribution in [2.24, 2.45) is 0 Å². The Balaban J connectivity index is 1.51. The van der Waals surface area contributed by atoms with Gasteiger partial charge in [0.05, 0.1) is 10.0 Å². The van der Waals surface area contributed by atoms with E-state index in [0.717, 1.165) is 5.56 Å². The standard InChI is InChI=1S/C21H13Cl2N3O2S/c22-15-8-6-13(10-16(15)23)20-25-17-11-14(7-9-18(17)28-20)24-21(29)26-19(27)12-4-2-1-3-5-12/h1-11H,(H2,24,26,27,29). The minimum atomic E-state index is -0.285. The maximum Gasteiger partial charge on any atom is 0.257 e. The molecule has 1 heterocycles. The van der Waals surface area contributed by atoms with Crippen molar-refractivity contribution in [2.45, 2.75) is 0 Å². The SMILES string of the molecule is O=C(NC(=S)Nc1ccc2oc(-c3ccc(Cl)c(Cl)c3)nc2c1)c1ccccc1. The second-order valence-electron chi connectivity index (χ2n) is 6.10. The van der Waals surface area contributed by atoms with Gasteiger partial charge in [0.1, 0.15) is 5.52 Å². The summed E-state index contributed by atoms with van der Waals surface area (Å²) < 4.78 is 5.79. The van der Waals surface area contributed by atoms with Crippen molar-refractivity contribution in [3.05, 3.63) is 82.3 Å². The smallest absolute Gasteiger partial charge is 0.257 e. The number of thiocarbonyl (C=S) groups is 1. The van der Waals surface area contributed by atoms with Crippen LogP contribution in [-0.2, 0) is 0 Å². The average Bonchev–Trinajstić information content (AvgIpc) is 3.14. The predicted octanol–water partition coefficient (Wildman–Crippen LogP) is 5.93. The van der Waals surface area contributed by atoms with E-state index < -0.39 is 0 Å². The number of rotatable bonds is 3. The molecule has 0 atom stereocenters. The third-order valence-corrected chi connectivity index (χ3v) is 5.02. The Bertz CT molecular complexity index is 1230. The molecule has 4 aromatic rings. The predicted molar refractivity (Wildman–Crippen MR) is 120 cm³/mol. The van der Waals surface area contributed by atoms with E-state index in [2.05, 4.69) is 15.6 Å². The van der Waals surface area contributed by atoms with E-state index in [9.17, 15) is 4.79 Å². The Hall–Kier alpha value is -2.93. The van der Waals surface area contributed by atoms with E-state index >= 15 is 0 Å². The zero-order chi connectivity index (χ0) is 20.4. The lowest BCUT2D eigenvalue weighted by Crippen LogP contribution is -2.34. The number of carbonyl (C=O) groups is 1. The minimum absolute atomic E-state index is 0.186. The Kier molecular flexibility index (Phi) is 5.49. The normalized spacial score (nSPS) is 10.7. The molecular weight excluding hydrogens is 429 g/mol. The molecule has 0 fully saturated rings. The van der Waals surface area contributed by atoms with Gasteiger partial charge in [-0.05, 0) is 60.7 Å². The van der Waals surface area contributed by atoms with Gasteiger partial charge in [-0.25, -0.2) is 4.98 Å². The molecule has 0 aliphatic carbocycles. The second kappa shape index (κ2) is 8.21. The van der Waals surface area contributed by atoms with Crippen molar-refractivity contribution in [2.75, 3.05) is 5.32 Å². The number of anilines is 1. The van der Waals surface area contributed by atoms with Crippen molar-refractivity contribution in [3.8, 4) is 11.5 Å². The molecule has 144 valence electrons. The summed E-state index contributed by atoms with van der Waals surface area (Å²) in [5, 5.41) is 6.70. The van der Waals surface area contributed by atoms with Crippen molar-refractivity contribution in [1.82, 2.24) is 10.3 Å². The number of hydrogen-bond acceptors (Lipinski definition) is 4. The Morgan fingerprint density at radius 3 is 2.52 bits per heavy atom. The molecule has 4 rings (SSSR count). The number of nitrogens with zero attached hydrogens (tertiary/aromatic N) is 1. The molecular formula is C21H13Cl2N3O2S. The van der Waals surface area contributed by atoms with Crippen LogP contribution in [0, 0.1) is 0 Å². The van der Waals surface area contributed by atoms with Crippen LogP contribution in [-0.4, -0.2) is 16.0 Å². The van der Waals surface area contributed by atoms with Crippen molar-refractivity contribution in [3.63, 3.8) is 0 Å². The number of carbonyl (C=O) groups excluding carboxylic acids is 1. The van der Waals surface area contributed by atoms with Crippen molar-refractivity contribution >= 4 is 63.2 Å². The molecule has 1 amide bonds. The van der Waals surface area contributed by atoms with Crippen LogP contribution in [0.1, 0.15) is 10.4 Å². The van der Waals surface area contributed by atoms with Gasteiger partial charge in [0.15, 0.2) is 10.7 Å². The maximum atomic E-state index is 12.2. The number of hydrogen-bond donors (Lipinski definition) is 2. The first-order valence-electron chi connectivity index (χ1n) is 8.53. The van der Waals surface area contributed by atoms with E-state index in [1.807, 2.05) is 6.07 Å². The quantitative estimate of drug-likeness (QED) is 0.385. The number of benzene rings is 3. The van der Waals surface area contributed by atoms with Gasteiger partial charge in [0.2, 0.25) is 5.89 Å². The largest absolute Gasteiger partial charge is 0.436 e. The Morgan fingerprint density at radius 1 is 0.966 bits per heavy atom. The van der Waals surface area contributed by atoms with Crippen LogP contribution in [0.5, 0.6) is 0 Å². The summed E-state index contributed by atoms with van der Waals surface area (Å²) in [4.78, 5) is 16.7. The van der Waals surface area contributed by atoms with Crippen molar-refractivity contribution < 1.29 is 9.21 Å². The van der Waals surface area contributed by atoms with Crippen LogP contribution < -0.4 is 10.6 Å². The number of aromatic nitrogens is 1. The van der Waals surface area contributed by atoms with Gasteiger partial charge in [0, 0.05) is 16.8 Å².